The van der Waals surface area contributed by atoms with Gasteiger partial charge in [0.1, 0.15) is 0 Å². The van der Waals surface area contributed by atoms with E-state index in [1.165, 1.54) is 6.20 Å². The summed E-state index contributed by atoms with van der Waals surface area (Å²) in [6.45, 7) is 0. The zero-order valence-electron chi connectivity index (χ0n) is 8.50. The van der Waals surface area contributed by atoms with Gasteiger partial charge in [-0.3, -0.25) is 9.89 Å². The Morgan fingerprint density at radius 2 is 2.29 bits per heavy atom. The van der Waals surface area contributed by atoms with Crippen LogP contribution in [-0.2, 0) is 0 Å². The Labute approximate surface area is 119 Å². The predicted octanol–water partition coefficient (Wildman–Crippen LogP) is 2.61. The van der Waals surface area contributed by atoms with Gasteiger partial charge in [0.25, 0.3) is 5.91 Å². The van der Waals surface area contributed by atoms with Crippen molar-refractivity contribution in [3.8, 4) is 0 Å². The molecular formula is C10H8BrIN4O. The van der Waals surface area contributed by atoms with Crippen molar-refractivity contribution in [1.29, 1.82) is 0 Å². The summed E-state index contributed by atoms with van der Waals surface area (Å²) in [4.78, 5) is 12.0. The second-order valence-electron chi connectivity index (χ2n) is 3.28. The molecule has 0 radical (unpaired) electrons. The molecule has 0 saturated heterocycles. The lowest BCUT2D eigenvalue weighted by molar-refractivity contribution is 0.102. The van der Waals surface area contributed by atoms with Crippen molar-refractivity contribution < 1.29 is 4.79 Å². The third kappa shape index (κ3) is 2.78. The normalized spacial score (nSPS) is 10.2. The Kier molecular flexibility index (Phi) is 3.67. The van der Waals surface area contributed by atoms with E-state index in [4.69, 9.17) is 5.73 Å². The Morgan fingerprint density at radius 1 is 1.53 bits per heavy atom. The third-order valence-corrected chi connectivity index (χ3v) is 3.44. The topological polar surface area (TPSA) is 83.8 Å². The number of benzene rings is 1. The van der Waals surface area contributed by atoms with Crippen LogP contribution >= 0.6 is 38.5 Å². The summed E-state index contributed by atoms with van der Waals surface area (Å²) in [6, 6.07) is 5.52. The van der Waals surface area contributed by atoms with Crippen LogP contribution in [0.3, 0.4) is 0 Å². The van der Waals surface area contributed by atoms with Crippen molar-refractivity contribution in [2.45, 2.75) is 0 Å². The minimum Gasteiger partial charge on any atom is -0.394 e. The standard InChI is InChI=1S/C10H8BrIN4O/c11-7-2-1-5(12)3-6(7)10(17)15-9-8(13)4-14-16-9/h1-4H,13H2,(H2,14,15,16,17). The van der Waals surface area contributed by atoms with Gasteiger partial charge in [-0.1, -0.05) is 0 Å². The molecule has 0 aliphatic carbocycles. The summed E-state index contributed by atoms with van der Waals surface area (Å²) in [6.07, 6.45) is 1.44. The molecule has 17 heavy (non-hydrogen) atoms. The van der Waals surface area contributed by atoms with Gasteiger partial charge < -0.3 is 11.1 Å². The van der Waals surface area contributed by atoms with E-state index in [1.54, 1.807) is 6.07 Å². The molecule has 1 aromatic heterocycles. The number of carbonyl (C=O) groups excluding carboxylic acids is 1. The summed E-state index contributed by atoms with van der Waals surface area (Å²) in [7, 11) is 0. The van der Waals surface area contributed by atoms with Gasteiger partial charge in [0, 0.05) is 8.04 Å². The van der Waals surface area contributed by atoms with E-state index >= 15 is 0 Å². The summed E-state index contributed by atoms with van der Waals surface area (Å²) in [5.41, 5.74) is 6.56. The molecule has 1 aromatic carbocycles. The molecule has 0 bridgehead atoms. The summed E-state index contributed by atoms with van der Waals surface area (Å²) >= 11 is 5.48. The molecule has 0 atom stereocenters. The van der Waals surface area contributed by atoms with Gasteiger partial charge in [0.2, 0.25) is 0 Å². The number of rotatable bonds is 2. The highest BCUT2D eigenvalue weighted by molar-refractivity contribution is 14.1. The van der Waals surface area contributed by atoms with E-state index in [0.29, 0.717) is 17.1 Å². The number of amides is 1. The number of nitrogens with zero attached hydrogens (tertiary/aromatic N) is 1. The van der Waals surface area contributed by atoms with E-state index in [1.807, 2.05) is 12.1 Å². The first-order chi connectivity index (χ1) is 8.08. The predicted molar refractivity (Wildman–Crippen MR) is 77.8 cm³/mol. The summed E-state index contributed by atoms with van der Waals surface area (Å²) in [5.74, 6) is 0.159. The van der Waals surface area contributed by atoms with Crippen LogP contribution in [0.5, 0.6) is 0 Å². The lowest BCUT2D eigenvalue weighted by atomic mass is 10.2. The fraction of sp³-hybridized carbons (Fsp3) is 0. The average Bonchev–Trinajstić information content (AvgIpc) is 2.68. The molecule has 4 N–H and O–H groups in total. The highest BCUT2D eigenvalue weighted by Gasteiger charge is 2.12. The van der Waals surface area contributed by atoms with Crippen molar-refractivity contribution >= 4 is 55.9 Å². The van der Waals surface area contributed by atoms with Crippen LogP contribution in [-0.4, -0.2) is 16.1 Å². The molecule has 5 nitrogen and oxygen atoms in total. The van der Waals surface area contributed by atoms with E-state index in [9.17, 15) is 4.79 Å². The van der Waals surface area contributed by atoms with Crippen LogP contribution in [0.15, 0.2) is 28.9 Å². The van der Waals surface area contributed by atoms with Gasteiger partial charge in [-0.05, 0) is 56.7 Å². The molecule has 0 spiro atoms. The SMILES string of the molecule is Nc1cn[nH]c1NC(=O)c1cc(I)ccc1Br. The van der Waals surface area contributed by atoms with Gasteiger partial charge in [0.05, 0.1) is 17.4 Å². The molecule has 88 valence electrons. The van der Waals surface area contributed by atoms with Crippen LogP contribution in [0.4, 0.5) is 11.5 Å². The third-order valence-electron chi connectivity index (χ3n) is 2.08. The van der Waals surface area contributed by atoms with Crippen molar-refractivity contribution in [2.75, 3.05) is 11.1 Å². The average molecular weight is 407 g/mol. The zero-order chi connectivity index (χ0) is 12.4. The van der Waals surface area contributed by atoms with Crippen LogP contribution in [0.1, 0.15) is 10.4 Å². The minimum absolute atomic E-state index is 0.244. The number of hydrogen-bond acceptors (Lipinski definition) is 3. The monoisotopic (exact) mass is 406 g/mol. The fourth-order valence-corrected chi connectivity index (χ4v) is 2.17. The van der Waals surface area contributed by atoms with Gasteiger partial charge in [-0.2, -0.15) is 5.10 Å². The molecule has 1 heterocycles. The minimum atomic E-state index is -0.244. The highest BCUT2D eigenvalue weighted by atomic mass is 127. The Morgan fingerprint density at radius 3 is 2.94 bits per heavy atom. The molecule has 2 aromatic rings. The van der Waals surface area contributed by atoms with Crippen molar-refractivity contribution in [3.63, 3.8) is 0 Å². The number of aromatic amines is 1. The molecule has 0 saturated carbocycles. The Bertz CT molecular complexity index is 569. The number of nitrogens with one attached hydrogen (secondary N) is 2. The molecular weight excluding hydrogens is 399 g/mol. The molecule has 0 fully saturated rings. The maximum absolute atomic E-state index is 12.0. The van der Waals surface area contributed by atoms with Gasteiger partial charge >= 0.3 is 0 Å². The number of H-pyrrole nitrogens is 1. The molecule has 1 amide bonds. The number of hydrogen-bond donors (Lipinski definition) is 3. The number of carbonyl (C=O) groups is 1. The fourth-order valence-electron chi connectivity index (χ4n) is 1.25. The largest absolute Gasteiger partial charge is 0.394 e. The van der Waals surface area contributed by atoms with Crippen molar-refractivity contribution in [1.82, 2.24) is 10.2 Å². The lowest BCUT2D eigenvalue weighted by Gasteiger charge is -2.06. The number of nitrogen functional groups attached to an aromatic ring is 1. The molecule has 0 aliphatic rings. The highest BCUT2D eigenvalue weighted by Crippen LogP contribution is 2.21. The first-order valence-corrected chi connectivity index (χ1v) is 6.50. The molecule has 0 aliphatic heterocycles. The maximum Gasteiger partial charge on any atom is 0.258 e. The number of nitrogens with two attached hydrogens (primary N) is 1. The number of anilines is 2. The van der Waals surface area contributed by atoms with Gasteiger partial charge in [0.15, 0.2) is 5.82 Å². The quantitative estimate of drug-likeness (QED) is 0.670. The Balaban J connectivity index is 2.26. The first-order valence-electron chi connectivity index (χ1n) is 4.63. The van der Waals surface area contributed by atoms with Crippen LogP contribution in [0.25, 0.3) is 0 Å². The number of halogens is 2. The van der Waals surface area contributed by atoms with E-state index in [0.717, 1.165) is 8.04 Å². The van der Waals surface area contributed by atoms with Gasteiger partial charge in [-0.15, -0.1) is 0 Å². The van der Waals surface area contributed by atoms with Gasteiger partial charge in [-0.25, -0.2) is 0 Å². The van der Waals surface area contributed by atoms with E-state index < -0.39 is 0 Å². The second-order valence-corrected chi connectivity index (χ2v) is 5.38. The molecule has 2 rings (SSSR count). The van der Waals surface area contributed by atoms with E-state index in [-0.39, 0.29) is 5.91 Å². The first kappa shape index (κ1) is 12.4. The van der Waals surface area contributed by atoms with Crippen LogP contribution < -0.4 is 11.1 Å². The molecule has 0 unspecified atom stereocenters. The van der Waals surface area contributed by atoms with Crippen molar-refractivity contribution in [3.05, 3.63) is 38.0 Å². The van der Waals surface area contributed by atoms with Crippen LogP contribution in [0, 0.1) is 3.57 Å². The summed E-state index contributed by atoms with van der Waals surface area (Å²) < 4.78 is 1.71. The second kappa shape index (κ2) is 5.05. The smallest absolute Gasteiger partial charge is 0.258 e. The number of aromatic nitrogens is 2. The Hall–Kier alpha value is -1.09. The van der Waals surface area contributed by atoms with Crippen molar-refractivity contribution in [2.24, 2.45) is 0 Å². The molecule has 7 heteroatoms. The lowest BCUT2D eigenvalue weighted by Crippen LogP contribution is -2.14. The van der Waals surface area contributed by atoms with E-state index in [2.05, 4.69) is 54.0 Å². The summed E-state index contributed by atoms with van der Waals surface area (Å²) in [5, 5.41) is 9.01. The zero-order valence-corrected chi connectivity index (χ0v) is 12.2. The van der Waals surface area contributed by atoms with Crippen LogP contribution in [0.2, 0.25) is 0 Å². The maximum atomic E-state index is 12.0.